The van der Waals surface area contributed by atoms with Crippen molar-refractivity contribution >= 4 is 13.5 Å². The summed E-state index contributed by atoms with van der Waals surface area (Å²) in [7, 11) is -4.63. The maximum absolute atomic E-state index is 11.8. The predicted molar refractivity (Wildman–Crippen MR) is 69.4 cm³/mol. The molecule has 0 spiro atoms. The number of amides is 1. The van der Waals surface area contributed by atoms with Crippen molar-refractivity contribution in [3.8, 4) is 0 Å². The van der Waals surface area contributed by atoms with E-state index < -0.39 is 19.8 Å². The van der Waals surface area contributed by atoms with Crippen LogP contribution in [0.4, 0.5) is 0 Å². The zero-order valence-corrected chi connectivity index (χ0v) is 11.9. The normalized spacial score (nSPS) is 13.3. The van der Waals surface area contributed by atoms with Gasteiger partial charge in [0.05, 0.1) is 6.42 Å². The van der Waals surface area contributed by atoms with Crippen LogP contribution in [0, 0.1) is 5.92 Å². The highest BCUT2D eigenvalue weighted by atomic mass is 31.2. The van der Waals surface area contributed by atoms with Crippen molar-refractivity contribution in [2.45, 2.75) is 26.3 Å². The summed E-state index contributed by atoms with van der Waals surface area (Å²) in [4.78, 5) is 33.4. The minimum Gasteiger partial charge on any atom is -0.811 e. The molecule has 0 aliphatic rings. The lowest BCUT2D eigenvalue weighted by Crippen LogP contribution is -2.43. The Balaban J connectivity index is 2.60. The van der Waals surface area contributed by atoms with Crippen molar-refractivity contribution < 1.29 is 19.1 Å². The van der Waals surface area contributed by atoms with E-state index in [1.807, 2.05) is 30.3 Å². The van der Waals surface area contributed by atoms with E-state index in [1.165, 1.54) is 0 Å². The molecular weight excluding hydrogens is 265 g/mol. The Morgan fingerprint density at radius 1 is 1.26 bits per heavy atom. The van der Waals surface area contributed by atoms with Gasteiger partial charge in [-0.3, -0.25) is 4.79 Å². The average molecular weight is 283 g/mol. The van der Waals surface area contributed by atoms with Crippen LogP contribution in [-0.2, 0) is 15.8 Å². The van der Waals surface area contributed by atoms with Crippen LogP contribution < -0.4 is 15.1 Å². The van der Waals surface area contributed by atoms with Crippen molar-refractivity contribution in [3.63, 3.8) is 0 Å². The van der Waals surface area contributed by atoms with Crippen LogP contribution in [-0.4, -0.2) is 18.1 Å². The molecule has 0 unspecified atom stereocenters. The minimum atomic E-state index is -4.63. The zero-order valence-electron chi connectivity index (χ0n) is 11.0. The predicted octanol–water partition coefficient (Wildman–Crippen LogP) is 0.284. The van der Waals surface area contributed by atoms with Crippen molar-refractivity contribution in [2.24, 2.45) is 5.92 Å². The number of rotatable bonds is 6. The van der Waals surface area contributed by atoms with Crippen LogP contribution in [0.25, 0.3) is 0 Å². The van der Waals surface area contributed by atoms with Crippen LogP contribution in [0.5, 0.6) is 0 Å². The second-order valence-electron chi connectivity index (χ2n) is 4.87. The highest BCUT2D eigenvalue weighted by Crippen LogP contribution is 2.26. The summed E-state index contributed by atoms with van der Waals surface area (Å²) >= 11 is 0. The molecular formula is C13H18NO4P-2. The van der Waals surface area contributed by atoms with Gasteiger partial charge in [0.25, 0.3) is 0 Å². The van der Waals surface area contributed by atoms with E-state index in [1.54, 1.807) is 13.8 Å². The molecule has 1 atom stereocenters. The number of carbonyl (C=O) groups is 1. The first-order valence-electron chi connectivity index (χ1n) is 6.12. The van der Waals surface area contributed by atoms with Gasteiger partial charge in [-0.25, -0.2) is 0 Å². The van der Waals surface area contributed by atoms with Crippen molar-refractivity contribution in [1.82, 2.24) is 5.32 Å². The van der Waals surface area contributed by atoms with E-state index in [0.717, 1.165) is 5.56 Å². The number of hydrogen-bond donors (Lipinski definition) is 1. The monoisotopic (exact) mass is 283 g/mol. The Hall–Kier alpha value is -1.16. The van der Waals surface area contributed by atoms with Gasteiger partial charge in [-0.15, -0.1) is 0 Å². The van der Waals surface area contributed by atoms with Crippen LogP contribution in [0.15, 0.2) is 30.3 Å². The largest absolute Gasteiger partial charge is 0.811 e. The van der Waals surface area contributed by atoms with Gasteiger partial charge in [-0.1, -0.05) is 51.8 Å². The molecule has 1 N–H and O–H groups in total. The average Bonchev–Trinajstić information content (AvgIpc) is 2.27. The van der Waals surface area contributed by atoms with E-state index in [4.69, 9.17) is 0 Å². The second-order valence-corrected chi connectivity index (χ2v) is 6.46. The Morgan fingerprint density at radius 2 is 1.84 bits per heavy atom. The van der Waals surface area contributed by atoms with E-state index in [2.05, 4.69) is 5.32 Å². The van der Waals surface area contributed by atoms with Gasteiger partial charge in [0.15, 0.2) is 0 Å². The second kappa shape index (κ2) is 6.85. The summed E-state index contributed by atoms with van der Waals surface area (Å²) in [5.41, 5.74) is 0.843. The molecule has 106 valence electrons. The fraction of sp³-hybridized carbons (Fsp3) is 0.462. The maximum atomic E-state index is 11.8. The van der Waals surface area contributed by atoms with Crippen LogP contribution in [0.3, 0.4) is 0 Å². The molecule has 1 aromatic carbocycles. The molecule has 0 bridgehead atoms. The molecule has 5 nitrogen and oxygen atoms in total. The lowest BCUT2D eigenvalue weighted by atomic mass is 10.1. The van der Waals surface area contributed by atoms with Gasteiger partial charge >= 0.3 is 0 Å². The topological polar surface area (TPSA) is 92.3 Å². The smallest absolute Gasteiger partial charge is 0.224 e. The summed E-state index contributed by atoms with van der Waals surface area (Å²) in [6.07, 6.45) is -0.378. The number of benzene rings is 1. The third-order valence-corrected chi connectivity index (χ3v) is 3.62. The maximum Gasteiger partial charge on any atom is 0.224 e. The van der Waals surface area contributed by atoms with Gasteiger partial charge in [-0.05, 0) is 17.6 Å². The standard InChI is InChI=1S/C13H20NO4P/c1-10(2)12(9-19(16,17)18)14-13(15)8-11-6-4-3-5-7-11/h3-7,10,12H,8-9H2,1-2H3,(H,14,15)(H2,16,17,18)/p-2/t12-/m1/s1. The van der Waals surface area contributed by atoms with Crippen LogP contribution >= 0.6 is 7.60 Å². The summed E-state index contributed by atoms with van der Waals surface area (Å²) in [5, 5.41) is 2.61. The fourth-order valence-corrected chi connectivity index (χ4v) is 2.70. The molecule has 19 heavy (non-hydrogen) atoms. The first-order chi connectivity index (χ1) is 8.78. The van der Waals surface area contributed by atoms with E-state index in [0.29, 0.717) is 0 Å². The van der Waals surface area contributed by atoms with E-state index in [-0.39, 0.29) is 18.2 Å². The van der Waals surface area contributed by atoms with Gasteiger partial charge < -0.3 is 19.7 Å². The number of hydrogen-bond acceptors (Lipinski definition) is 4. The van der Waals surface area contributed by atoms with Gasteiger partial charge in [0.2, 0.25) is 5.91 Å². The molecule has 0 radical (unpaired) electrons. The molecule has 0 heterocycles. The van der Waals surface area contributed by atoms with E-state index >= 15 is 0 Å². The molecule has 0 aliphatic heterocycles. The Kier molecular flexibility index (Phi) is 5.73. The summed E-state index contributed by atoms with van der Waals surface area (Å²) < 4.78 is 10.8. The SMILES string of the molecule is CC(C)[C@@H](CP(=O)([O-])[O-])NC(=O)Cc1ccccc1. The lowest BCUT2D eigenvalue weighted by molar-refractivity contribution is -0.313. The first kappa shape index (κ1) is 15.9. The molecule has 0 aromatic heterocycles. The molecule has 0 saturated heterocycles. The molecule has 1 amide bonds. The van der Waals surface area contributed by atoms with Gasteiger partial charge in [0, 0.05) is 6.04 Å². The van der Waals surface area contributed by atoms with Crippen molar-refractivity contribution in [1.29, 1.82) is 0 Å². The highest BCUT2D eigenvalue weighted by molar-refractivity contribution is 7.48. The number of nitrogens with one attached hydrogen (secondary N) is 1. The van der Waals surface area contributed by atoms with E-state index in [9.17, 15) is 19.1 Å². The fourth-order valence-electron chi connectivity index (χ4n) is 1.70. The Labute approximate surface area is 113 Å². The molecule has 0 fully saturated rings. The third-order valence-electron chi connectivity index (χ3n) is 2.78. The summed E-state index contributed by atoms with van der Waals surface area (Å²) in [5.74, 6) is -0.394. The van der Waals surface area contributed by atoms with Crippen LogP contribution in [0.1, 0.15) is 19.4 Å². The van der Waals surface area contributed by atoms with Crippen LogP contribution in [0.2, 0.25) is 0 Å². The summed E-state index contributed by atoms with van der Waals surface area (Å²) in [6, 6.07) is 8.49. The zero-order chi connectivity index (χ0) is 14.5. The highest BCUT2D eigenvalue weighted by Gasteiger charge is 2.17. The lowest BCUT2D eigenvalue weighted by Gasteiger charge is -2.35. The minimum absolute atomic E-state index is 0.115. The molecule has 0 aliphatic carbocycles. The Bertz CT molecular complexity index is 455. The molecule has 0 saturated carbocycles. The first-order valence-corrected chi connectivity index (χ1v) is 7.85. The molecule has 6 heteroatoms. The summed E-state index contributed by atoms with van der Waals surface area (Å²) in [6.45, 7) is 3.53. The molecule has 1 aromatic rings. The number of carbonyl (C=O) groups excluding carboxylic acids is 1. The molecule has 1 rings (SSSR count). The van der Waals surface area contributed by atoms with Gasteiger partial charge in [0.1, 0.15) is 0 Å². The van der Waals surface area contributed by atoms with Crippen molar-refractivity contribution in [3.05, 3.63) is 35.9 Å². The quantitative estimate of drug-likeness (QED) is 0.759. The Morgan fingerprint density at radius 3 is 2.32 bits per heavy atom. The van der Waals surface area contributed by atoms with Gasteiger partial charge in [-0.2, -0.15) is 0 Å². The van der Waals surface area contributed by atoms with Crippen molar-refractivity contribution in [2.75, 3.05) is 6.16 Å². The third kappa shape index (κ3) is 6.53.